The molecule has 2 aliphatic carbocycles. The molecule has 11 heteroatoms. The Bertz CT molecular complexity index is 1430. The fraction of sp³-hybridized carbons (Fsp3) is 0.545. The number of carbonyl (C=O) groups is 4. The van der Waals surface area contributed by atoms with Crippen molar-refractivity contribution in [1.82, 2.24) is 20.7 Å². The number of hydrogen-bond acceptors (Lipinski definition) is 8. The number of primary amides is 1. The van der Waals surface area contributed by atoms with Gasteiger partial charge in [0.05, 0.1) is 17.0 Å². The Balaban J connectivity index is 1.29. The van der Waals surface area contributed by atoms with Crippen molar-refractivity contribution in [2.75, 3.05) is 6.54 Å². The van der Waals surface area contributed by atoms with Gasteiger partial charge in [-0.05, 0) is 82.4 Å². The van der Waals surface area contributed by atoms with E-state index < -0.39 is 53.4 Å². The number of esters is 1. The first-order chi connectivity index (χ1) is 21.1. The zero-order chi connectivity index (χ0) is 31.4. The topological polar surface area (TPSA) is 164 Å². The van der Waals surface area contributed by atoms with Crippen LogP contribution in [0.1, 0.15) is 76.5 Å². The Morgan fingerprint density at radius 3 is 2.57 bits per heavy atom. The largest absolute Gasteiger partial charge is 0.451 e. The molecule has 0 radical (unpaired) electrons. The summed E-state index contributed by atoms with van der Waals surface area (Å²) < 4.78 is 5.98. The lowest BCUT2D eigenvalue weighted by atomic mass is 9.72. The first-order valence-corrected chi connectivity index (χ1v) is 15.7. The molecular weight excluding hydrogens is 562 g/mol. The molecule has 1 saturated heterocycles. The first kappa shape index (κ1) is 31.6. The summed E-state index contributed by atoms with van der Waals surface area (Å²) in [6, 6.07) is 8.48. The van der Waals surface area contributed by atoms with Crippen molar-refractivity contribution in [3.8, 4) is 0 Å². The van der Waals surface area contributed by atoms with Gasteiger partial charge in [-0.15, -0.1) is 0 Å². The van der Waals surface area contributed by atoms with Crippen molar-refractivity contribution in [1.29, 1.82) is 0 Å². The molecule has 3 aliphatic rings. The Hall–Kier alpha value is -3.83. The van der Waals surface area contributed by atoms with E-state index in [9.17, 15) is 24.3 Å². The van der Waals surface area contributed by atoms with E-state index in [2.05, 4.69) is 17.7 Å². The minimum atomic E-state index is -1.03. The van der Waals surface area contributed by atoms with Crippen molar-refractivity contribution < 1.29 is 29.0 Å². The number of aryl methyl sites for hydroxylation is 1. The zero-order valence-corrected chi connectivity index (χ0v) is 25.5. The number of ether oxygens (including phenoxy) is 1. The van der Waals surface area contributed by atoms with E-state index in [0.717, 1.165) is 41.4 Å². The summed E-state index contributed by atoms with van der Waals surface area (Å²) in [5.41, 5.74) is 10.0. The van der Waals surface area contributed by atoms with Crippen molar-refractivity contribution in [2.45, 2.75) is 95.9 Å². The molecular formula is C33H43N5O6. The van der Waals surface area contributed by atoms with Gasteiger partial charge in [0, 0.05) is 23.5 Å². The lowest BCUT2D eigenvalue weighted by Crippen LogP contribution is -2.60. The zero-order valence-electron chi connectivity index (χ0n) is 25.5. The van der Waals surface area contributed by atoms with Crippen molar-refractivity contribution >= 4 is 40.7 Å². The predicted octanol–water partition coefficient (Wildman–Crippen LogP) is 2.54. The van der Waals surface area contributed by atoms with Crippen LogP contribution in [0, 0.1) is 11.3 Å². The van der Waals surface area contributed by atoms with Gasteiger partial charge in [0.15, 0.2) is 6.10 Å². The first-order valence-electron chi connectivity index (χ1n) is 15.7. The third-order valence-corrected chi connectivity index (χ3v) is 9.05. The van der Waals surface area contributed by atoms with Gasteiger partial charge in [0.2, 0.25) is 5.91 Å². The van der Waals surface area contributed by atoms with Gasteiger partial charge in [0.1, 0.15) is 12.1 Å². The second-order valence-corrected chi connectivity index (χ2v) is 12.4. The molecule has 44 heavy (non-hydrogen) atoms. The number of pyridine rings is 1. The minimum Gasteiger partial charge on any atom is -0.451 e. The summed E-state index contributed by atoms with van der Waals surface area (Å²) in [6.07, 6.45) is 7.37. The van der Waals surface area contributed by atoms with Gasteiger partial charge in [-0.3, -0.25) is 29.2 Å². The fourth-order valence-corrected chi connectivity index (χ4v) is 6.03. The van der Waals surface area contributed by atoms with E-state index in [1.54, 1.807) is 6.92 Å². The molecule has 1 aromatic heterocycles. The van der Waals surface area contributed by atoms with Crippen LogP contribution < -0.4 is 16.5 Å². The van der Waals surface area contributed by atoms with Crippen molar-refractivity contribution in [3.05, 3.63) is 47.7 Å². The average molecular weight is 606 g/mol. The van der Waals surface area contributed by atoms with Crippen LogP contribution in [0.2, 0.25) is 0 Å². The van der Waals surface area contributed by atoms with E-state index in [0.29, 0.717) is 45.1 Å². The molecule has 3 fully saturated rings. The minimum absolute atomic E-state index is 0.122. The quantitative estimate of drug-likeness (QED) is 0.300. The maximum Gasteiger partial charge on any atom is 0.316 e. The molecule has 3 atom stereocenters. The molecule has 0 bridgehead atoms. The molecule has 0 spiro atoms. The van der Waals surface area contributed by atoms with Gasteiger partial charge in [0.25, 0.3) is 11.8 Å². The van der Waals surface area contributed by atoms with Crippen LogP contribution in [0.25, 0.3) is 17.0 Å². The third-order valence-electron chi connectivity index (χ3n) is 9.05. The average Bonchev–Trinajstić information content (AvgIpc) is 3.88. The summed E-state index contributed by atoms with van der Waals surface area (Å²) in [7, 11) is 0. The number of benzene rings is 1. The number of aromatic nitrogens is 1. The number of hydrazine groups is 1. The van der Waals surface area contributed by atoms with Crippen LogP contribution >= 0.6 is 0 Å². The number of nitrogens with two attached hydrogens (primary N) is 1. The summed E-state index contributed by atoms with van der Waals surface area (Å²) in [5.74, 6) is -2.08. The van der Waals surface area contributed by atoms with Gasteiger partial charge < -0.3 is 20.9 Å². The number of fused-ring (bicyclic) bond motifs is 1. The normalized spacial score (nSPS) is 25.4. The lowest BCUT2D eigenvalue weighted by Gasteiger charge is -2.36. The van der Waals surface area contributed by atoms with Crippen LogP contribution in [0.4, 0.5) is 0 Å². The number of amides is 3. The van der Waals surface area contributed by atoms with Gasteiger partial charge in [-0.2, -0.15) is 0 Å². The Kier molecular flexibility index (Phi) is 9.65. The standard InChI is InChI=1S/C33H43N5O6/c1-3-24-11-10-22-7-6-21(19-27(22)36-24)12-15-33(16-13-25(39)14-17-33)32(43)44-28(23-8-9-23)30(41)35-20(2)31(42)38-18-4-5-26(37-38)29(34)40/h6-7,10-12,15,19-20,23,25-26,28,37,39H,3-5,8-9,13-14,16-18H2,1-2H3,(H2,34,40)(H,35,41)/b15-12+. The molecule has 2 aromatic rings. The highest BCUT2D eigenvalue weighted by Crippen LogP contribution is 2.42. The highest BCUT2D eigenvalue weighted by Gasteiger charge is 2.46. The Morgan fingerprint density at radius 1 is 1.16 bits per heavy atom. The maximum atomic E-state index is 13.9. The van der Waals surface area contributed by atoms with Crippen LogP contribution in [0.5, 0.6) is 0 Å². The summed E-state index contributed by atoms with van der Waals surface area (Å²) in [5, 5.41) is 15.3. The van der Waals surface area contributed by atoms with Crippen LogP contribution in [0.15, 0.2) is 36.4 Å². The highest BCUT2D eigenvalue weighted by molar-refractivity contribution is 5.92. The number of nitrogens with zero attached hydrogens (tertiary/aromatic N) is 2. The van der Waals surface area contributed by atoms with E-state index in [1.807, 2.05) is 42.5 Å². The fourth-order valence-electron chi connectivity index (χ4n) is 6.03. The lowest BCUT2D eigenvalue weighted by molar-refractivity contribution is -0.167. The van der Waals surface area contributed by atoms with Crippen molar-refractivity contribution in [2.24, 2.45) is 17.1 Å². The second-order valence-electron chi connectivity index (χ2n) is 12.4. The van der Waals surface area contributed by atoms with Gasteiger partial charge in [-0.1, -0.05) is 37.3 Å². The number of aliphatic hydroxyl groups excluding tert-OH is 1. The maximum absolute atomic E-state index is 13.9. The molecule has 1 aromatic carbocycles. The number of carbonyl (C=O) groups excluding carboxylic acids is 4. The number of aliphatic hydroxyl groups is 1. The van der Waals surface area contributed by atoms with E-state index in [1.165, 1.54) is 5.01 Å². The SMILES string of the molecule is CCc1ccc2ccc(/C=C/C3(C(=O)OC(C(=O)NC(C)C(=O)N4CCCC(C(N)=O)N4)C4CC4)CCC(O)CC3)cc2n1. The summed E-state index contributed by atoms with van der Waals surface area (Å²) >= 11 is 0. The van der Waals surface area contributed by atoms with E-state index >= 15 is 0 Å². The smallest absolute Gasteiger partial charge is 0.316 e. The van der Waals surface area contributed by atoms with Crippen LogP contribution in [-0.2, 0) is 30.3 Å². The van der Waals surface area contributed by atoms with E-state index in [-0.39, 0.29) is 5.92 Å². The highest BCUT2D eigenvalue weighted by atomic mass is 16.6. The molecule has 5 rings (SSSR count). The molecule has 2 saturated carbocycles. The van der Waals surface area contributed by atoms with Gasteiger partial charge >= 0.3 is 5.97 Å². The number of nitrogens with one attached hydrogen (secondary N) is 2. The Morgan fingerprint density at radius 2 is 1.89 bits per heavy atom. The van der Waals surface area contributed by atoms with Crippen molar-refractivity contribution in [3.63, 3.8) is 0 Å². The molecule has 236 valence electrons. The summed E-state index contributed by atoms with van der Waals surface area (Å²) in [6.45, 7) is 4.01. The number of rotatable bonds is 10. The predicted molar refractivity (Wildman–Crippen MR) is 164 cm³/mol. The van der Waals surface area contributed by atoms with Crippen LogP contribution in [-0.4, -0.2) is 69.6 Å². The molecule has 3 amide bonds. The van der Waals surface area contributed by atoms with E-state index in [4.69, 9.17) is 15.5 Å². The molecule has 11 nitrogen and oxygen atoms in total. The molecule has 3 unspecified atom stereocenters. The third kappa shape index (κ3) is 7.27. The summed E-state index contributed by atoms with van der Waals surface area (Å²) in [4.78, 5) is 56.7. The Labute approximate surface area is 257 Å². The monoisotopic (exact) mass is 605 g/mol. The molecule has 2 heterocycles. The second kappa shape index (κ2) is 13.4. The van der Waals surface area contributed by atoms with Gasteiger partial charge in [-0.25, -0.2) is 5.43 Å². The molecule has 1 aliphatic heterocycles. The molecule has 5 N–H and O–H groups in total. The number of hydrogen-bond donors (Lipinski definition) is 4. The van der Waals surface area contributed by atoms with Crippen LogP contribution in [0.3, 0.4) is 0 Å².